The zero-order valence-corrected chi connectivity index (χ0v) is 13.3. The SMILES string of the molecule is Cc1nc(-c2c(N)nsc2NC2CCCCCC2)cs1. The van der Waals surface area contributed by atoms with Gasteiger partial charge in [-0.1, -0.05) is 25.7 Å². The Labute approximate surface area is 127 Å². The molecule has 1 fully saturated rings. The quantitative estimate of drug-likeness (QED) is 0.830. The zero-order valence-electron chi connectivity index (χ0n) is 11.7. The lowest BCUT2D eigenvalue weighted by Gasteiger charge is -2.16. The summed E-state index contributed by atoms with van der Waals surface area (Å²) < 4.78 is 4.31. The van der Waals surface area contributed by atoms with Crippen molar-refractivity contribution in [3.8, 4) is 11.3 Å². The first kappa shape index (κ1) is 13.8. The van der Waals surface area contributed by atoms with E-state index in [-0.39, 0.29) is 0 Å². The van der Waals surface area contributed by atoms with E-state index in [1.807, 2.05) is 6.92 Å². The fraction of sp³-hybridized carbons (Fsp3) is 0.571. The van der Waals surface area contributed by atoms with E-state index in [4.69, 9.17) is 5.73 Å². The third kappa shape index (κ3) is 2.96. The van der Waals surface area contributed by atoms with Crippen LogP contribution in [0.15, 0.2) is 5.38 Å². The molecule has 0 amide bonds. The summed E-state index contributed by atoms with van der Waals surface area (Å²) in [6.45, 7) is 2.02. The zero-order chi connectivity index (χ0) is 13.9. The summed E-state index contributed by atoms with van der Waals surface area (Å²) in [6.07, 6.45) is 7.84. The number of nitrogens with two attached hydrogens (primary N) is 1. The highest BCUT2D eigenvalue weighted by atomic mass is 32.1. The van der Waals surface area contributed by atoms with Gasteiger partial charge in [-0.3, -0.25) is 0 Å². The van der Waals surface area contributed by atoms with Crippen LogP contribution in [0.4, 0.5) is 10.8 Å². The Bertz CT molecular complexity index is 567. The highest BCUT2D eigenvalue weighted by molar-refractivity contribution is 7.11. The second-order valence-electron chi connectivity index (χ2n) is 5.36. The average Bonchev–Trinajstić information content (AvgIpc) is 2.89. The number of aromatic nitrogens is 2. The summed E-state index contributed by atoms with van der Waals surface area (Å²) in [5.41, 5.74) is 7.99. The van der Waals surface area contributed by atoms with Gasteiger partial charge in [-0.15, -0.1) is 11.3 Å². The maximum atomic E-state index is 6.04. The smallest absolute Gasteiger partial charge is 0.148 e. The molecule has 0 saturated heterocycles. The van der Waals surface area contributed by atoms with Crippen molar-refractivity contribution in [1.82, 2.24) is 9.36 Å². The van der Waals surface area contributed by atoms with E-state index in [1.165, 1.54) is 50.1 Å². The van der Waals surface area contributed by atoms with Crippen LogP contribution in [0, 0.1) is 6.92 Å². The van der Waals surface area contributed by atoms with Gasteiger partial charge < -0.3 is 11.1 Å². The molecule has 0 aliphatic heterocycles. The molecule has 3 rings (SSSR count). The van der Waals surface area contributed by atoms with Crippen molar-refractivity contribution in [3.63, 3.8) is 0 Å². The summed E-state index contributed by atoms with van der Waals surface area (Å²) in [6, 6.07) is 0.552. The van der Waals surface area contributed by atoms with E-state index in [1.54, 1.807) is 11.3 Å². The van der Waals surface area contributed by atoms with Gasteiger partial charge in [-0.2, -0.15) is 4.37 Å². The molecule has 2 heterocycles. The highest BCUT2D eigenvalue weighted by Crippen LogP contribution is 2.38. The molecule has 1 aliphatic rings. The fourth-order valence-electron chi connectivity index (χ4n) is 2.74. The molecule has 0 atom stereocenters. The normalized spacial score (nSPS) is 17.1. The van der Waals surface area contributed by atoms with Gasteiger partial charge in [0, 0.05) is 11.4 Å². The number of nitrogens with one attached hydrogen (secondary N) is 1. The molecule has 0 aromatic carbocycles. The Balaban J connectivity index is 1.83. The van der Waals surface area contributed by atoms with Gasteiger partial charge >= 0.3 is 0 Å². The molecule has 0 radical (unpaired) electrons. The number of aryl methyl sites for hydroxylation is 1. The van der Waals surface area contributed by atoms with E-state index in [0.29, 0.717) is 11.9 Å². The predicted molar refractivity (Wildman–Crippen MR) is 87.5 cm³/mol. The van der Waals surface area contributed by atoms with Crippen LogP contribution in [-0.2, 0) is 0 Å². The fourth-order valence-corrected chi connectivity index (χ4v) is 4.14. The maximum Gasteiger partial charge on any atom is 0.148 e. The van der Waals surface area contributed by atoms with Gasteiger partial charge in [-0.05, 0) is 31.3 Å². The third-order valence-electron chi connectivity index (χ3n) is 3.78. The number of hydrogen-bond acceptors (Lipinski definition) is 6. The standard InChI is InChI=1S/C14H20N4S2/c1-9-16-11(8-19-9)12-13(15)18-20-14(12)17-10-6-4-2-3-5-7-10/h8,10,17H,2-7H2,1H3,(H2,15,18). The van der Waals surface area contributed by atoms with E-state index >= 15 is 0 Å². The van der Waals surface area contributed by atoms with Gasteiger partial charge in [0.25, 0.3) is 0 Å². The van der Waals surface area contributed by atoms with Gasteiger partial charge in [0.1, 0.15) is 10.8 Å². The third-order valence-corrected chi connectivity index (χ3v) is 5.35. The van der Waals surface area contributed by atoms with Gasteiger partial charge in [0.05, 0.1) is 16.3 Å². The van der Waals surface area contributed by atoms with Crippen molar-refractivity contribution in [2.45, 2.75) is 51.5 Å². The molecule has 2 aromatic rings. The molecular weight excluding hydrogens is 288 g/mol. The van der Waals surface area contributed by atoms with Crippen LogP contribution in [-0.4, -0.2) is 15.4 Å². The van der Waals surface area contributed by atoms with E-state index in [9.17, 15) is 0 Å². The van der Waals surface area contributed by atoms with Gasteiger partial charge in [0.2, 0.25) is 0 Å². The summed E-state index contributed by atoms with van der Waals surface area (Å²) in [7, 11) is 0. The maximum absolute atomic E-state index is 6.04. The molecule has 6 heteroatoms. The second-order valence-corrected chi connectivity index (χ2v) is 7.19. The van der Waals surface area contributed by atoms with Crippen molar-refractivity contribution in [3.05, 3.63) is 10.4 Å². The first-order valence-corrected chi connectivity index (χ1v) is 8.83. The summed E-state index contributed by atoms with van der Waals surface area (Å²) in [5, 5.41) is 7.87. The number of thiazole rings is 1. The number of nitrogens with zero attached hydrogens (tertiary/aromatic N) is 2. The largest absolute Gasteiger partial charge is 0.382 e. The van der Waals surface area contributed by atoms with Crippen LogP contribution >= 0.6 is 22.9 Å². The Morgan fingerprint density at radius 2 is 2.00 bits per heavy atom. The summed E-state index contributed by atoms with van der Waals surface area (Å²) in [4.78, 5) is 4.55. The first-order valence-electron chi connectivity index (χ1n) is 7.18. The van der Waals surface area contributed by atoms with Gasteiger partial charge in [0.15, 0.2) is 0 Å². The van der Waals surface area contributed by atoms with Crippen molar-refractivity contribution in [2.24, 2.45) is 0 Å². The minimum absolute atomic E-state index is 0.552. The number of hydrogen-bond donors (Lipinski definition) is 2. The van der Waals surface area contributed by atoms with Crippen molar-refractivity contribution < 1.29 is 0 Å². The van der Waals surface area contributed by atoms with E-state index in [0.717, 1.165) is 21.3 Å². The van der Waals surface area contributed by atoms with Crippen molar-refractivity contribution in [1.29, 1.82) is 0 Å². The lowest BCUT2D eigenvalue weighted by Crippen LogP contribution is -2.17. The lowest BCUT2D eigenvalue weighted by molar-refractivity contribution is 0.621. The first-order chi connectivity index (χ1) is 9.74. The monoisotopic (exact) mass is 308 g/mol. The van der Waals surface area contributed by atoms with Gasteiger partial charge in [-0.25, -0.2) is 4.98 Å². The minimum Gasteiger partial charge on any atom is -0.382 e. The molecule has 0 unspecified atom stereocenters. The second kappa shape index (κ2) is 6.10. The minimum atomic E-state index is 0.552. The molecule has 0 spiro atoms. The molecule has 0 bridgehead atoms. The van der Waals surface area contributed by atoms with Crippen LogP contribution in [0.25, 0.3) is 11.3 Å². The molecule has 1 aliphatic carbocycles. The average molecular weight is 308 g/mol. The van der Waals surface area contributed by atoms with Crippen LogP contribution < -0.4 is 11.1 Å². The Morgan fingerprint density at radius 3 is 2.65 bits per heavy atom. The molecule has 1 saturated carbocycles. The van der Waals surface area contributed by atoms with E-state index < -0.39 is 0 Å². The number of nitrogen functional groups attached to an aromatic ring is 1. The van der Waals surface area contributed by atoms with Crippen molar-refractivity contribution in [2.75, 3.05) is 11.1 Å². The molecular formula is C14H20N4S2. The van der Waals surface area contributed by atoms with Crippen LogP contribution in [0.2, 0.25) is 0 Å². The molecule has 4 nitrogen and oxygen atoms in total. The molecule has 108 valence electrons. The summed E-state index contributed by atoms with van der Waals surface area (Å²) >= 11 is 3.11. The van der Waals surface area contributed by atoms with Crippen LogP contribution in [0.1, 0.15) is 43.5 Å². The highest BCUT2D eigenvalue weighted by Gasteiger charge is 2.19. The summed E-state index contributed by atoms with van der Waals surface area (Å²) in [5.74, 6) is 0.594. The Hall–Kier alpha value is -1.14. The van der Waals surface area contributed by atoms with E-state index in [2.05, 4.69) is 20.1 Å². The molecule has 2 aromatic heterocycles. The molecule has 20 heavy (non-hydrogen) atoms. The molecule has 3 N–H and O–H groups in total. The topological polar surface area (TPSA) is 63.8 Å². The Morgan fingerprint density at radius 1 is 1.25 bits per heavy atom. The lowest BCUT2D eigenvalue weighted by atomic mass is 10.1. The number of rotatable bonds is 3. The van der Waals surface area contributed by atoms with Crippen LogP contribution in [0.5, 0.6) is 0 Å². The Kier molecular flexibility index (Phi) is 4.21. The number of anilines is 2. The van der Waals surface area contributed by atoms with Crippen molar-refractivity contribution >= 4 is 33.7 Å². The van der Waals surface area contributed by atoms with Crippen LogP contribution in [0.3, 0.4) is 0 Å². The predicted octanol–water partition coefficient (Wildman–Crippen LogP) is 4.29.